The molecule has 0 aromatic rings. The first-order valence-electron chi connectivity index (χ1n) is 6.22. The average Bonchev–Trinajstić information content (AvgIpc) is 2.64. The summed E-state index contributed by atoms with van der Waals surface area (Å²) in [7, 11) is 0. The number of hydrogen-bond acceptors (Lipinski definition) is 3. The minimum atomic E-state index is -0.0251. The molecule has 0 saturated carbocycles. The zero-order chi connectivity index (χ0) is 11.3. The predicted octanol–water partition coefficient (Wildman–Crippen LogP) is 1.52. The van der Waals surface area contributed by atoms with Crippen LogP contribution < -0.4 is 11.1 Å². The third-order valence-electron chi connectivity index (χ3n) is 3.83. The van der Waals surface area contributed by atoms with E-state index in [1.807, 2.05) is 0 Å². The summed E-state index contributed by atoms with van der Waals surface area (Å²) in [4.78, 5) is 0. The molecule has 0 aromatic carbocycles. The Morgan fingerprint density at radius 2 is 2.07 bits per heavy atom. The fourth-order valence-corrected chi connectivity index (χ4v) is 2.05. The highest BCUT2D eigenvalue weighted by Gasteiger charge is 2.25. The molecule has 15 heavy (non-hydrogen) atoms. The lowest BCUT2D eigenvalue weighted by Gasteiger charge is -2.28. The molecule has 3 nitrogen and oxygen atoms in total. The molecule has 90 valence electrons. The third kappa shape index (κ3) is 3.74. The van der Waals surface area contributed by atoms with Crippen molar-refractivity contribution in [3.05, 3.63) is 0 Å². The zero-order valence-electron chi connectivity index (χ0n) is 10.4. The number of ether oxygens (including phenoxy) is 1. The van der Waals surface area contributed by atoms with Crippen LogP contribution in [0.4, 0.5) is 0 Å². The smallest absolute Gasteiger partial charge is 0.0588 e. The lowest BCUT2D eigenvalue weighted by molar-refractivity contribution is 0.105. The van der Waals surface area contributed by atoms with Gasteiger partial charge in [0, 0.05) is 25.2 Å². The Hall–Kier alpha value is -0.120. The van der Waals surface area contributed by atoms with E-state index in [9.17, 15) is 0 Å². The summed E-state index contributed by atoms with van der Waals surface area (Å²) in [5.74, 6) is 0.669. The van der Waals surface area contributed by atoms with Crippen LogP contribution in [-0.2, 0) is 4.74 Å². The highest BCUT2D eigenvalue weighted by Crippen LogP contribution is 2.19. The number of rotatable bonds is 6. The van der Waals surface area contributed by atoms with Gasteiger partial charge in [0.05, 0.1) is 6.10 Å². The summed E-state index contributed by atoms with van der Waals surface area (Å²) in [5.41, 5.74) is 6.20. The molecule has 3 heteroatoms. The van der Waals surface area contributed by atoms with Crippen LogP contribution in [0.1, 0.15) is 40.0 Å². The summed E-state index contributed by atoms with van der Waals surface area (Å²) in [6.45, 7) is 9.36. The Kier molecular flexibility index (Phi) is 5.03. The molecular weight excluding hydrogens is 188 g/mol. The van der Waals surface area contributed by atoms with E-state index in [1.54, 1.807) is 0 Å². The van der Waals surface area contributed by atoms with Crippen molar-refractivity contribution in [1.29, 1.82) is 0 Å². The standard InChI is InChI=1S/C12H26N2O/c1-4-12(13,5-2)9-14-8-11-6-7-15-10(11)3/h10-11,14H,4-9,13H2,1-3H3. The van der Waals surface area contributed by atoms with Gasteiger partial charge in [0.15, 0.2) is 0 Å². The van der Waals surface area contributed by atoms with Crippen LogP contribution in [0, 0.1) is 5.92 Å². The molecule has 1 rings (SSSR count). The van der Waals surface area contributed by atoms with Gasteiger partial charge >= 0.3 is 0 Å². The van der Waals surface area contributed by atoms with Gasteiger partial charge in [0.1, 0.15) is 0 Å². The number of nitrogens with two attached hydrogens (primary N) is 1. The SMILES string of the molecule is CCC(N)(CC)CNCC1CCOC1C. The molecule has 0 amide bonds. The van der Waals surface area contributed by atoms with Gasteiger partial charge in [0.25, 0.3) is 0 Å². The lowest BCUT2D eigenvalue weighted by atomic mass is 9.93. The second kappa shape index (κ2) is 5.83. The number of nitrogens with one attached hydrogen (secondary N) is 1. The molecule has 0 aliphatic carbocycles. The maximum atomic E-state index is 6.22. The quantitative estimate of drug-likeness (QED) is 0.705. The van der Waals surface area contributed by atoms with Crippen LogP contribution in [-0.4, -0.2) is 31.3 Å². The van der Waals surface area contributed by atoms with Crippen molar-refractivity contribution in [2.24, 2.45) is 11.7 Å². The monoisotopic (exact) mass is 214 g/mol. The minimum absolute atomic E-state index is 0.0251. The van der Waals surface area contributed by atoms with Crippen molar-refractivity contribution in [3.8, 4) is 0 Å². The summed E-state index contributed by atoms with van der Waals surface area (Å²) in [5, 5.41) is 3.50. The first-order valence-corrected chi connectivity index (χ1v) is 6.22. The Labute approximate surface area is 93.8 Å². The van der Waals surface area contributed by atoms with Crippen molar-refractivity contribution in [3.63, 3.8) is 0 Å². The van der Waals surface area contributed by atoms with Crippen LogP contribution in [0.15, 0.2) is 0 Å². The van der Waals surface area contributed by atoms with Gasteiger partial charge in [-0.1, -0.05) is 13.8 Å². The van der Waals surface area contributed by atoms with E-state index in [1.165, 1.54) is 6.42 Å². The molecule has 1 fully saturated rings. The van der Waals surface area contributed by atoms with Crippen LogP contribution >= 0.6 is 0 Å². The summed E-state index contributed by atoms with van der Waals surface area (Å²) < 4.78 is 5.53. The molecule has 1 aliphatic rings. The lowest BCUT2D eigenvalue weighted by Crippen LogP contribution is -2.48. The highest BCUT2D eigenvalue weighted by atomic mass is 16.5. The van der Waals surface area contributed by atoms with Gasteiger partial charge in [-0.15, -0.1) is 0 Å². The maximum absolute atomic E-state index is 6.22. The Morgan fingerprint density at radius 3 is 2.53 bits per heavy atom. The van der Waals surface area contributed by atoms with Gasteiger partial charge in [-0.05, 0) is 32.1 Å². The van der Waals surface area contributed by atoms with Crippen molar-refractivity contribution >= 4 is 0 Å². The molecule has 2 atom stereocenters. The fraction of sp³-hybridized carbons (Fsp3) is 1.00. The van der Waals surface area contributed by atoms with Gasteiger partial charge in [-0.3, -0.25) is 0 Å². The molecule has 0 aromatic heterocycles. The average molecular weight is 214 g/mol. The van der Waals surface area contributed by atoms with Gasteiger partial charge in [0.2, 0.25) is 0 Å². The largest absolute Gasteiger partial charge is 0.378 e. The van der Waals surface area contributed by atoms with Crippen molar-refractivity contribution in [1.82, 2.24) is 5.32 Å². The number of hydrogen-bond donors (Lipinski definition) is 2. The van der Waals surface area contributed by atoms with Crippen molar-refractivity contribution in [2.45, 2.75) is 51.7 Å². The first kappa shape index (κ1) is 12.9. The van der Waals surface area contributed by atoms with Gasteiger partial charge in [-0.2, -0.15) is 0 Å². The summed E-state index contributed by atoms with van der Waals surface area (Å²) in [6.07, 6.45) is 3.66. The van der Waals surface area contributed by atoms with E-state index >= 15 is 0 Å². The molecule has 0 radical (unpaired) electrons. The van der Waals surface area contributed by atoms with Crippen LogP contribution in [0.3, 0.4) is 0 Å². The first-order chi connectivity index (χ1) is 7.11. The predicted molar refractivity (Wildman–Crippen MR) is 63.9 cm³/mol. The molecule has 1 saturated heterocycles. The minimum Gasteiger partial charge on any atom is -0.378 e. The molecule has 0 spiro atoms. The van der Waals surface area contributed by atoms with Gasteiger partial charge in [-0.25, -0.2) is 0 Å². The van der Waals surface area contributed by atoms with Crippen molar-refractivity contribution < 1.29 is 4.74 Å². The molecule has 1 aliphatic heterocycles. The van der Waals surface area contributed by atoms with E-state index in [-0.39, 0.29) is 5.54 Å². The molecule has 0 bridgehead atoms. The van der Waals surface area contributed by atoms with E-state index in [0.717, 1.165) is 32.5 Å². The molecule has 3 N–H and O–H groups in total. The molecular formula is C12H26N2O. The second-order valence-corrected chi connectivity index (χ2v) is 4.83. The fourth-order valence-electron chi connectivity index (χ4n) is 2.05. The van der Waals surface area contributed by atoms with E-state index in [2.05, 4.69) is 26.1 Å². The van der Waals surface area contributed by atoms with E-state index in [4.69, 9.17) is 10.5 Å². The van der Waals surface area contributed by atoms with Crippen LogP contribution in [0.25, 0.3) is 0 Å². The van der Waals surface area contributed by atoms with Crippen LogP contribution in [0.2, 0.25) is 0 Å². The van der Waals surface area contributed by atoms with Gasteiger partial charge < -0.3 is 15.8 Å². The maximum Gasteiger partial charge on any atom is 0.0588 e. The summed E-state index contributed by atoms with van der Waals surface area (Å²) in [6, 6.07) is 0. The summed E-state index contributed by atoms with van der Waals surface area (Å²) >= 11 is 0. The Morgan fingerprint density at radius 1 is 1.40 bits per heavy atom. The Balaban J connectivity index is 2.20. The second-order valence-electron chi connectivity index (χ2n) is 4.83. The topological polar surface area (TPSA) is 47.3 Å². The highest BCUT2D eigenvalue weighted by molar-refractivity contribution is 4.84. The van der Waals surface area contributed by atoms with E-state index in [0.29, 0.717) is 12.0 Å². The van der Waals surface area contributed by atoms with Crippen molar-refractivity contribution in [2.75, 3.05) is 19.7 Å². The van der Waals surface area contributed by atoms with E-state index < -0.39 is 0 Å². The molecule has 1 heterocycles. The molecule has 2 unspecified atom stereocenters. The van der Waals surface area contributed by atoms with Crippen LogP contribution in [0.5, 0.6) is 0 Å². The Bertz CT molecular complexity index is 180. The zero-order valence-corrected chi connectivity index (χ0v) is 10.4. The third-order valence-corrected chi connectivity index (χ3v) is 3.83. The normalized spacial score (nSPS) is 27.2.